The second-order valence-corrected chi connectivity index (χ2v) is 5.26. The first-order valence-electron chi connectivity index (χ1n) is 7.23. The zero-order chi connectivity index (χ0) is 14.4. The number of furan rings is 1. The van der Waals surface area contributed by atoms with Gasteiger partial charge >= 0.3 is 0 Å². The minimum absolute atomic E-state index is 0.0503. The van der Waals surface area contributed by atoms with E-state index in [1.807, 2.05) is 11.0 Å². The van der Waals surface area contributed by atoms with Crippen LogP contribution in [0.3, 0.4) is 0 Å². The fourth-order valence-corrected chi connectivity index (χ4v) is 2.72. The van der Waals surface area contributed by atoms with Crippen LogP contribution in [-0.2, 0) is 16.1 Å². The lowest BCUT2D eigenvalue weighted by Crippen LogP contribution is -2.39. The van der Waals surface area contributed by atoms with E-state index in [9.17, 15) is 9.59 Å². The third-order valence-corrected chi connectivity index (χ3v) is 3.79. The Hall–Kier alpha value is -1.78. The Morgan fingerprint density at radius 1 is 1.40 bits per heavy atom. The molecule has 1 aliphatic rings. The van der Waals surface area contributed by atoms with E-state index < -0.39 is 0 Å². The van der Waals surface area contributed by atoms with Crippen molar-refractivity contribution in [2.75, 3.05) is 6.54 Å². The maximum Gasteiger partial charge on any atom is 0.222 e. The van der Waals surface area contributed by atoms with Crippen LogP contribution in [-0.4, -0.2) is 29.3 Å². The SMILES string of the molecule is CC(=O)N(CCC(=O)NCc1ccco1)C1CCCC1. The maximum absolute atomic E-state index is 11.8. The molecule has 0 aliphatic heterocycles. The largest absolute Gasteiger partial charge is 0.467 e. The second-order valence-electron chi connectivity index (χ2n) is 5.26. The van der Waals surface area contributed by atoms with Gasteiger partial charge in [-0.05, 0) is 25.0 Å². The number of hydrogen-bond donors (Lipinski definition) is 1. The molecule has 1 aromatic heterocycles. The summed E-state index contributed by atoms with van der Waals surface area (Å²) in [7, 11) is 0. The lowest BCUT2D eigenvalue weighted by atomic mass is 10.2. The van der Waals surface area contributed by atoms with Gasteiger partial charge in [-0.3, -0.25) is 9.59 Å². The third kappa shape index (κ3) is 4.11. The fourth-order valence-electron chi connectivity index (χ4n) is 2.72. The van der Waals surface area contributed by atoms with Gasteiger partial charge in [-0.25, -0.2) is 0 Å². The molecule has 0 aromatic carbocycles. The summed E-state index contributed by atoms with van der Waals surface area (Å²) in [6, 6.07) is 3.94. The summed E-state index contributed by atoms with van der Waals surface area (Å²) in [5.74, 6) is 0.749. The Kier molecular flexibility index (Phi) is 5.21. The second kappa shape index (κ2) is 7.12. The Morgan fingerprint density at radius 3 is 2.75 bits per heavy atom. The summed E-state index contributed by atoms with van der Waals surface area (Å²) >= 11 is 0. The first-order chi connectivity index (χ1) is 9.66. The van der Waals surface area contributed by atoms with Crippen LogP contribution in [0.1, 0.15) is 44.8 Å². The zero-order valence-electron chi connectivity index (χ0n) is 11.9. The number of nitrogens with one attached hydrogen (secondary N) is 1. The number of carbonyl (C=O) groups is 2. The third-order valence-electron chi connectivity index (χ3n) is 3.79. The standard InChI is InChI=1S/C15H22N2O3/c1-12(18)17(13-5-2-3-6-13)9-8-15(19)16-11-14-7-4-10-20-14/h4,7,10,13H,2-3,5-6,8-9,11H2,1H3,(H,16,19). The molecule has 0 atom stereocenters. The van der Waals surface area contributed by atoms with Gasteiger partial charge in [-0.15, -0.1) is 0 Å². The van der Waals surface area contributed by atoms with E-state index in [0.29, 0.717) is 25.6 Å². The van der Waals surface area contributed by atoms with Crippen LogP contribution in [0.25, 0.3) is 0 Å². The number of hydrogen-bond acceptors (Lipinski definition) is 3. The van der Waals surface area contributed by atoms with Crippen LogP contribution in [0.5, 0.6) is 0 Å². The quantitative estimate of drug-likeness (QED) is 0.866. The molecule has 1 aromatic rings. The van der Waals surface area contributed by atoms with Gasteiger partial charge in [0.1, 0.15) is 5.76 Å². The first kappa shape index (κ1) is 14.6. The summed E-state index contributed by atoms with van der Waals surface area (Å²) in [6.07, 6.45) is 6.41. The van der Waals surface area contributed by atoms with Gasteiger partial charge in [0.15, 0.2) is 0 Å². The van der Waals surface area contributed by atoms with Crippen molar-refractivity contribution in [3.8, 4) is 0 Å². The molecule has 0 spiro atoms. The molecule has 0 unspecified atom stereocenters. The highest BCUT2D eigenvalue weighted by Gasteiger charge is 2.24. The van der Waals surface area contributed by atoms with Gasteiger partial charge in [0, 0.05) is 25.9 Å². The van der Waals surface area contributed by atoms with Gasteiger partial charge < -0.3 is 14.6 Å². The van der Waals surface area contributed by atoms with Crippen molar-refractivity contribution < 1.29 is 14.0 Å². The van der Waals surface area contributed by atoms with Crippen molar-refractivity contribution in [3.63, 3.8) is 0 Å². The average Bonchev–Trinajstić information content (AvgIpc) is 3.09. The highest BCUT2D eigenvalue weighted by Crippen LogP contribution is 2.23. The molecule has 1 aliphatic carbocycles. The Balaban J connectivity index is 1.74. The van der Waals surface area contributed by atoms with E-state index in [2.05, 4.69) is 5.32 Å². The molecule has 1 fully saturated rings. The van der Waals surface area contributed by atoms with Gasteiger partial charge in [0.05, 0.1) is 12.8 Å². The molecule has 0 radical (unpaired) electrons. The minimum Gasteiger partial charge on any atom is -0.467 e. The van der Waals surface area contributed by atoms with E-state index in [1.54, 1.807) is 19.3 Å². The topological polar surface area (TPSA) is 62.6 Å². The lowest BCUT2D eigenvalue weighted by Gasteiger charge is -2.27. The molecule has 1 saturated carbocycles. The molecule has 5 nitrogen and oxygen atoms in total. The van der Waals surface area contributed by atoms with E-state index in [-0.39, 0.29) is 11.8 Å². The molecular weight excluding hydrogens is 256 g/mol. The molecule has 0 saturated heterocycles. The first-order valence-corrected chi connectivity index (χ1v) is 7.23. The minimum atomic E-state index is -0.0503. The monoisotopic (exact) mass is 278 g/mol. The number of nitrogens with zero attached hydrogens (tertiary/aromatic N) is 1. The normalized spacial score (nSPS) is 15.2. The predicted molar refractivity (Wildman–Crippen MR) is 74.8 cm³/mol. The summed E-state index contributed by atoms with van der Waals surface area (Å²) in [5.41, 5.74) is 0. The smallest absolute Gasteiger partial charge is 0.222 e. The number of rotatable bonds is 6. The van der Waals surface area contributed by atoms with Crippen LogP contribution in [0.2, 0.25) is 0 Å². The van der Waals surface area contributed by atoms with Crippen molar-refractivity contribution in [2.45, 2.75) is 51.6 Å². The average molecular weight is 278 g/mol. The molecule has 110 valence electrons. The lowest BCUT2D eigenvalue weighted by molar-refractivity contribution is -0.131. The summed E-state index contributed by atoms with van der Waals surface area (Å²) in [6.45, 7) is 2.48. The molecule has 0 bridgehead atoms. The van der Waals surface area contributed by atoms with Crippen molar-refractivity contribution in [2.24, 2.45) is 0 Å². The molecule has 1 N–H and O–H groups in total. The Bertz CT molecular complexity index is 436. The van der Waals surface area contributed by atoms with Crippen molar-refractivity contribution in [1.82, 2.24) is 10.2 Å². The van der Waals surface area contributed by atoms with Crippen molar-refractivity contribution in [3.05, 3.63) is 24.2 Å². The Morgan fingerprint density at radius 2 is 2.15 bits per heavy atom. The summed E-state index contributed by atoms with van der Waals surface area (Å²) in [4.78, 5) is 25.3. The molecule has 5 heteroatoms. The van der Waals surface area contributed by atoms with Crippen molar-refractivity contribution >= 4 is 11.8 Å². The summed E-state index contributed by atoms with van der Waals surface area (Å²) < 4.78 is 5.15. The van der Waals surface area contributed by atoms with Gasteiger partial charge in [0.2, 0.25) is 11.8 Å². The predicted octanol–water partition coefficient (Wildman–Crippen LogP) is 2.08. The van der Waals surface area contributed by atoms with Crippen LogP contribution in [0, 0.1) is 0 Å². The van der Waals surface area contributed by atoms with E-state index in [0.717, 1.165) is 18.6 Å². The van der Waals surface area contributed by atoms with Crippen molar-refractivity contribution in [1.29, 1.82) is 0 Å². The van der Waals surface area contributed by atoms with Crippen LogP contribution in [0.15, 0.2) is 22.8 Å². The molecular formula is C15H22N2O3. The summed E-state index contributed by atoms with van der Waals surface area (Å²) in [5, 5.41) is 2.80. The van der Waals surface area contributed by atoms with Crippen LogP contribution in [0.4, 0.5) is 0 Å². The number of carbonyl (C=O) groups excluding carboxylic acids is 2. The molecule has 1 heterocycles. The number of amides is 2. The van der Waals surface area contributed by atoms with Gasteiger partial charge in [-0.2, -0.15) is 0 Å². The van der Waals surface area contributed by atoms with Crippen LogP contribution >= 0.6 is 0 Å². The highest BCUT2D eigenvalue weighted by molar-refractivity contribution is 5.78. The van der Waals surface area contributed by atoms with E-state index in [4.69, 9.17) is 4.42 Å². The molecule has 2 rings (SSSR count). The van der Waals surface area contributed by atoms with Gasteiger partial charge in [0.25, 0.3) is 0 Å². The molecule has 20 heavy (non-hydrogen) atoms. The van der Waals surface area contributed by atoms with Gasteiger partial charge in [-0.1, -0.05) is 12.8 Å². The molecule has 2 amide bonds. The zero-order valence-corrected chi connectivity index (χ0v) is 11.9. The van der Waals surface area contributed by atoms with E-state index in [1.165, 1.54) is 12.8 Å². The Labute approximate surface area is 119 Å². The maximum atomic E-state index is 11.8. The van der Waals surface area contributed by atoms with E-state index >= 15 is 0 Å². The highest BCUT2D eigenvalue weighted by atomic mass is 16.3. The fraction of sp³-hybridized carbons (Fsp3) is 0.600. The van der Waals surface area contributed by atoms with Crippen LogP contribution < -0.4 is 5.32 Å².